The number of carboxylic acids is 1. The largest absolute Gasteiger partial charge is 0.478 e. The Morgan fingerprint density at radius 3 is 2.35 bits per heavy atom. The van der Waals surface area contributed by atoms with Crippen LogP contribution in [0.5, 0.6) is 0 Å². The third-order valence-electron chi connectivity index (χ3n) is 3.47. The van der Waals surface area contributed by atoms with Crippen LogP contribution in [0, 0.1) is 5.92 Å². The summed E-state index contributed by atoms with van der Waals surface area (Å²) < 4.78 is 0. The van der Waals surface area contributed by atoms with E-state index in [2.05, 4.69) is 32.9 Å². The maximum Gasteiger partial charge on any atom is 0.335 e. The second-order valence-electron chi connectivity index (χ2n) is 5.66. The molecule has 2 nitrogen and oxygen atoms in total. The molecule has 1 atom stereocenters. The van der Waals surface area contributed by atoms with Crippen molar-refractivity contribution in [1.29, 1.82) is 0 Å². The molecule has 1 N–H and O–H groups in total. The number of hydrogen-bond donors (Lipinski definition) is 1. The lowest BCUT2D eigenvalue weighted by atomic mass is 9.89. The van der Waals surface area contributed by atoms with E-state index in [0.717, 1.165) is 25.7 Å². The second-order valence-corrected chi connectivity index (χ2v) is 5.66. The van der Waals surface area contributed by atoms with Gasteiger partial charge in [0, 0.05) is 0 Å². The van der Waals surface area contributed by atoms with Gasteiger partial charge in [0.15, 0.2) is 0 Å². The van der Waals surface area contributed by atoms with Gasteiger partial charge in [-0.2, -0.15) is 0 Å². The number of allylic oxidation sites excluding steroid dienone is 2. The molecule has 1 aromatic carbocycles. The highest BCUT2D eigenvalue weighted by Crippen LogP contribution is 2.27. The van der Waals surface area contributed by atoms with E-state index in [1.807, 2.05) is 12.1 Å². The molecule has 1 rings (SSSR count). The Hall–Kier alpha value is -1.57. The first-order chi connectivity index (χ1) is 9.54. The average molecular weight is 274 g/mol. The molecule has 0 aliphatic rings. The van der Waals surface area contributed by atoms with E-state index >= 15 is 0 Å². The number of carbonyl (C=O) groups is 1. The van der Waals surface area contributed by atoms with Crippen LogP contribution in [-0.4, -0.2) is 11.1 Å². The fourth-order valence-corrected chi connectivity index (χ4v) is 2.39. The minimum absolute atomic E-state index is 0.365. The van der Waals surface area contributed by atoms with E-state index < -0.39 is 5.97 Å². The summed E-state index contributed by atoms with van der Waals surface area (Å²) in [6.07, 6.45) is 9.03. The number of carboxylic acid groups (broad SMARTS) is 1. The van der Waals surface area contributed by atoms with Gasteiger partial charge in [0.25, 0.3) is 0 Å². The molecule has 0 bridgehead atoms. The van der Waals surface area contributed by atoms with Crippen molar-refractivity contribution in [3.05, 3.63) is 47.5 Å². The first-order valence-electron chi connectivity index (χ1n) is 7.54. The van der Waals surface area contributed by atoms with Gasteiger partial charge in [-0.15, -0.1) is 0 Å². The van der Waals surface area contributed by atoms with Gasteiger partial charge in [0.1, 0.15) is 0 Å². The lowest BCUT2D eigenvalue weighted by Crippen LogP contribution is -2.01. The molecule has 2 heteroatoms. The number of rotatable bonds is 8. The highest BCUT2D eigenvalue weighted by atomic mass is 16.4. The fourth-order valence-electron chi connectivity index (χ4n) is 2.39. The monoisotopic (exact) mass is 274 g/mol. The molecule has 0 saturated heterocycles. The second kappa shape index (κ2) is 8.57. The first-order valence-corrected chi connectivity index (χ1v) is 7.54. The van der Waals surface area contributed by atoms with Crippen molar-refractivity contribution in [3.63, 3.8) is 0 Å². The Balaban J connectivity index is 2.67. The van der Waals surface area contributed by atoms with Crippen molar-refractivity contribution >= 4 is 5.97 Å². The Morgan fingerprint density at radius 1 is 1.20 bits per heavy atom. The first kappa shape index (κ1) is 16.5. The van der Waals surface area contributed by atoms with Crippen LogP contribution < -0.4 is 0 Å². The molecule has 0 aliphatic heterocycles. The predicted molar refractivity (Wildman–Crippen MR) is 84.3 cm³/mol. The molecule has 0 spiro atoms. The van der Waals surface area contributed by atoms with E-state index in [-0.39, 0.29) is 0 Å². The minimum atomic E-state index is -0.858. The van der Waals surface area contributed by atoms with Crippen molar-refractivity contribution < 1.29 is 9.90 Å². The fraction of sp³-hybridized carbons (Fsp3) is 0.500. The van der Waals surface area contributed by atoms with Crippen LogP contribution in [0.2, 0.25) is 0 Å². The van der Waals surface area contributed by atoms with E-state index in [1.54, 1.807) is 12.1 Å². The minimum Gasteiger partial charge on any atom is -0.478 e. The molecule has 0 saturated carbocycles. The summed E-state index contributed by atoms with van der Waals surface area (Å²) in [5, 5.41) is 8.93. The van der Waals surface area contributed by atoms with Gasteiger partial charge in [-0.1, -0.05) is 51.5 Å². The smallest absolute Gasteiger partial charge is 0.335 e. The molecule has 0 aromatic heterocycles. The van der Waals surface area contributed by atoms with Gasteiger partial charge in [0.2, 0.25) is 0 Å². The molecule has 0 radical (unpaired) electrons. The summed E-state index contributed by atoms with van der Waals surface area (Å²) in [5.41, 5.74) is 1.62. The maximum absolute atomic E-state index is 10.9. The van der Waals surface area contributed by atoms with Crippen molar-refractivity contribution in [1.82, 2.24) is 0 Å². The number of hydrogen-bond acceptors (Lipinski definition) is 1. The summed E-state index contributed by atoms with van der Waals surface area (Å²) in [5.74, 6) is 0.276. The lowest BCUT2D eigenvalue weighted by molar-refractivity contribution is 0.0697. The Kier molecular flexibility index (Phi) is 7.06. The summed E-state index contributed by atoms with van der Waals surface area (Å²) in [6.45, 7) is 6.57. The normalized spacial score (nSPS) is 13.0. The zero-order chi connectivity index (χ0) is 15.0. The molecule has 1 aromatic rings. The predicted octanol–water partition coefficient (Wildman–Crippen LogP) is 5.26. The third kappa shape index (κ3) is 5.60. The molecule has 0 aliphatic carbocycles. The van der Waals surface area contributed by atoms with Crippen molar-refractivity contribution in [2.45, 2.75) is 52.4 Å². The number of aromatic carboxylic acids is 1. The molecule has 110 valence electrons. The summed E-state index contributed by atoms with van der Waals surface area (Å²) in [7, 11) is 0. The Morgan fingerprint density at radius 2 is 1.85 bits per heavy atom. The van der Waals surface area contributed by atoms with Crippen molar-refractivity contribution in [2.24, 2.45) is 5.92 Å². The van der Waals surface area contributed by atoms with Gasteiger partial charge in [-0.3, -0.25) is 0 Å². The van der Waals surface area contributed by atoms with Gasteiger partial charge in [-0.05, 0) is 48.8 Å². The molecular weight excluding hydrogens is 248 g/mol. The summed E-state index contributed by atoms with van der Waals surface area (Å²) in [6, 6.07) is 7.36. The van der Waals surface area contributed by atoms with Crippen LogP contribution in [-0.2, 0) is 0 Å². The van der Waals surface area contributed by atoms with Crippen LogP contribution in [0.1, 0.15) is 68.3 Å². The summed E-state index contributed by atoms with van der Waals surface area (Å²) >= 11 is 0. The molecule has 1 unspecified atom stereocenters. The van der Waals surface area contributed by atoms with E-state index in [9.17, 15) is 4.79 Å². The van der Waals surface area contributed by atoms with Crippen molar-refractivity contribution in [2.75, 3.05) is 0 Å². The van der Waals surface area contributed by atoms with Crippen molar-refractivity contribution in [3.8, 4) is 0 Å². The third-order valence-corrected chi connectivity index (χ3v) is 3.47. The SMILES string of the molecule is CCCC(CC/C=C/C(C)C)c1ccc(C(=O)O)cc1. The zero-order valence-electron chi connectivity index (χ0n) is 12.8. The lowest BCUT2D eigenvalue weighted by Gasteiger charge is -2.16. The Labute approximate surface area is 122 Å². The van der Waals surface area contributed by atoms with E-state index in [4.69, 9.17) is 5.11 Å². The summed E-state index contributed by atoms with van der Waals surface area (Å²) in [4.78, 5) is 10.9. The van der Waals surface area contributed by atoms with E-state index in [1.165, 1.54) is 5.56 Å². The van der Waals surface area contributed by atoms with Gasteiger partial charge in [-0.25, -0.2) is 4.79 Å². The quantitative estimate of drug-likeness (QED) is 0.656. The molecule has 0 heterocycles. The molecule has 0 amide bonds. The van der Waals surface area contributed by atoms with Crippen LogP contribution >= 0.6 is 0 Å². The average Bonchev–Trinajstić information content (AvgIpc) is 2.42. The van der Waals surface area contributed by atoms with Crippen LogP contribution in [0.25, 0.3) is 0 Å². The maximum atomic E-state index is 10.9. The number of benzene rings is 1. The Bertz CT molecular complexity index is 429. The topological polar surface area (TPSA) is 37.3 Å². The molecular formula is C18H26O2. The van der Waals surface area contributed by atoms with Gasteiger partial charge < -0.3 is 5.11 Å². The molecule has 0 fully saturated rings. The highest BCUT2D eigenvalue weighted by molar-refractivity contribution is 5.87. The molecule has 20 heavy (non-hydrogen) atoms. The standard InChI is InChI=1S/C18H26O2/c1-4-7-15(9-6-5-8-14(2)3)16-10-12-17(13-11-16)18(19)20/h5,8,10-15H,4,6-7,9H2,1-3H3,(H,19,20)/b8-5+. The van der Waals surface area contributed by atoms with Crippen LogP contribution in [0.15, 0.2) is 36.4 Å². The highest BCUT2D eigenvalue weighted by Gasteiger charge is 2.11. The van der Waals surface area contributed by atoms with E-state index in [0.29, 0.717) is 17.4 Å². The van der Waals surface area contributed by atoms with Crippen LogP contribution in [0.3, 0.4) is 0 Å². The van der Waals surface area contributed by atoms with Gasteiger partial charge in [0.05, 0.1) is 5.56 Å². The zero-order valence-corrected chi connectivity index (χ0v) is 12.8. The van der Waals surface area contributed by atoms with Gasteiger partial charge >= 0.3 is 5.97 Å². The van der Waals surface area contributed by atoms with Crippen LogP contribution in [0.4, 0.5) is 0 Å².